The van der Waals surface area contributed by atoms with E-state index in [-0.39, 0.29) is 34.8 Å². The Bertz CT molecular complexity index is 2870. The van der Waals surface area contributed by atoms with Crippen molar-refractivity contribution in [3.63, 3.8) is 0 Å². The normalized spacial score (nSPS) is 10.6. The van der Waals surface area contributed by atoms with Gasteiger partial charge in [-0.1, -0.05) is 103 Å². The van der Waals surface area contributed by atoms with Crippen molar-refractivity contribution in [2.45, 2.75) is 106 Å². The van der Waals surface area contributed by atoms with Crippen molar-refractivity contribution >= 4 is 63.4 Å². The number of amides is 2. The molecule has 4 aromatic carbocycles. The first-order valence-corrected chi connectivity index (χ1v) is 24.7. The maximum Gasteiger partial charge on any atom is 0.326 e. The summed E-state index contributed by atoms with van der Waals surface area (Å²) < 4.78 is 20.8. The van der Waals surface area contributed by atoms with Gasteiger partial charge in [-0.3, -0.25) is 25.1 Å². The number of hydrogen-bond donors (Lipinski definition) is 3. The molecule has 4 N–H and O–H groups in total. The van der Waals surface area contributed by atoms with Gasteiger partial charge in [-0.2, -0.15) is 9.97 Å². The van der Waals surface area contributed by atoms with Crippen molar-refractivity contribution in [2.24, 2.45) is 0 Å². The van der Waals surface area contributed by atoms with Crippen molar-refractivity contribution in [3.8, 4) is 23.8 Å². The van der Waals surface area contributed by atoms with E-state index in [0.717, 1.165) is 22.4 Å². The highest BCUT2D eigenvalue weighted by Crippen LogP contribution is 2.38. The molecule has 2 amide bonds. The number of nitrogen functional groups attached to an aromatic ring is 1. The van der Waals surface area contributed by atoms with Gasteiger partial charge in [0.1, 0.15) is 0 Å². The van der Waals surface area contributed by atoms with E-state index >= 15 is 0 Å². The minimum atomic E-state index is -0.499. The van der Waals surface area contributed by atoms with Crippen molar-refractivity contribution in [1.82, 2.24) is 19.9 Å². The summed E-state index contributed by atoms with van der Waals surface area (Å²) in [5.41, 5.74) is 14.5. The number of rotatable bonds is 19. The van der Waals surface area contributed by atoms with Crippen LogP contribution in [0.3, 0.4) is 0 Å². The molecule has 0 bridgehead atoms. The fraction of sp³-hybridized carbons (Fsp3) is 0.377. The van der Waals surface area contributed by atoms with Crippen molar-refractivity contribution in [3.05, 3.63) is 148 Å². The molecule has 0 spiro atoms. The SMILES string of the molecule is CCc1c(Cl)cc([N+](=O)[O-])c(CC)c1N.CCc1c(Cl)cc([N+](=O)[O-])c(CC)c1NC(=O)N(Cc1cnc(OC)nc1OC)c1ccc(C(C)C)cc1.COc1ncc(CNc2ccc(C(C)C)cc2)c(OC)n1. The number of halogens is 2. The number of nitrogens with two attached hydrogens (primary N) is 1. The van der Waals surface area contributed by atoms with E-state index in [1.807, 2.05) is 45.0 Å². The number of nitro benzene ring substituents is 2. The maximum atomic E-state index is 13.9. The number of carbonyl (C=O) groups excluding carboxylic acids is 1. The van der Waals surface area contributed by atoms with E-state index in [1.165, 1.54) is 50.1 Å². The highest BCUT2D eigenvalue weighted by Gasteiger charge is 2.27. The molecule has 2 aromatic heterocycles. The first kappa shape index (κ1) is 59.1. The molecule has 21 heteroatoms. The predicted molar refractivity (Wildman–Crippen MR) is 292 cm³/mol. The topological polar surface area (TPSA) is 245 Å². The summed E-state index contributed by atoms with van der Waals surface area (Å²) in [6.45, 7) is 16.6. The molecule has 0 aliphatic carbocycles. The van der Waals surface area contributed by atoms with Crippen LogP contribution >= 0.6 is 23.2 Å². The molecular weight excluding hydrogens is 992 g/mol. The molecule has 19 nitrogen and oxygen atoms in total. The number of hydrogen-bond acceptors (Lipinski definition) is 15. The van der Waals surface area contributed by atoms with E-state index in [1.54, 1.807) is 20.2 Å². The third-order valence-electron chi connectivity index (χ3n) is 11.9. The Hall–Kier alpha value is -7.51. The summed E-state index contributed by atoms with van der Waals surface area (Å²) in [5, 5.41) is 29.4. The molecule has 0 unspecified atom stereocenters. The zero-order chi connectivity index (χ0) is 54.8. The molecular formula is C53H66Cl2N10O9. The lowest BCUT2D eigenvalue weighted by Crippen LogP contribution is -2.35. The molecule has 396 valence electrons. The van der Waals surface area contributed by atoms with Crippen LogP contribution in [0.1, 0.15) is 112 Å². The Balaban J connectivity index is 0.000000274. The summed E-state index contributed by atoms with van der Waals surface area (Å²) in [6.07, 6.45) is 5.26. The lowest BCUT2D eigenvalue weighted by Gasteiger charge is -2.26. The van der Waals surface area contributed by atoms with Gasteiger partial charge < -0.3 is 35.3 Å². The molecule has 2 heterocycles. The van der Waals surface area contributed by atoms with Crippen LogP contribution in [0, 0.1) is 20.2 Å². The predicted octanol–water partition coefficient (Wildman–Crippen LogP) is 12.7. The van der Waals surface area contributed by atoms with E-state index in [9.17, 15) is 25.0 Å². The molecule has 0 saturated heterocycles. The highest BCUT2D eigenvalue weighted by atomic mass is 35.5. The molecule has 0 aliphatic rings. The first-order chi connectivity index (χ1) is 35.3. The summed E-state index contributed by atoms with van der Waals surface area (Å²) in [7, 11) is 6.04. The molecule has 0 atom stereocenters. The molecule has 74 heavy (non-hydrogen) atoms. The van der Waals surface area contributed by atoms with Crippen molar-refractivity contribution in [1.29, 1.82) is 0 Å². The lowest BCUT2D eigenvalue weighted by molar-refractivity contribution is -0.385. The average Bonchev–Trinajstić information content (AvgIpc) is 3.39. The summed E-state index contributed by atoms with van der Waals surface area (Å²) in [5.74, 6) is 1.63. The molecule has 6 aromatic rings. The summed E-state index contributed by atoms with van der Waals surface area (Å²) >= 11 is 12.3. The largest absolute Gasteiger partial charge is 0.481 e. The van der Waals surface area contributed by atoms with Crippen LogP contribution in [0.5, 0.6) is 23.8 Å². The van der Waals surface area contributed by atoms with Crippen LogP contribution < -0.4 is 40.2 Å². The van der Waals surface area contributed by atoms with Gasteiger partial charge in [-0.15, -0.1) is 0 Å². The van der Waals surface area contributed by atoms with E-state index < -0.39 is 15.9 Å². The molecule has 0 radical (unpaired) electrons. The van der Waals surface area contributed by atoms with Crippen molar-refractivity contribution < 1.29 is 33.6 Å². The Labute approximate surface area is 442 Å². The molecule has 0 fully saturated rings. The van der Waals surface area contributed by atoms with Crippen LogP contribution in [-0.4, -0.2) is 64.3 Å². The van der Waals surface area contributed by atoms with Gasteiger partial charge in [0.2, 0.25) is 11.8 Å². The highest BCUT2D eigenvalue weighted by molar-refractivity contribution is 6.32. The smallest absolute Gasteiger partial charge is 0.326 e. The molecule has 6 rings (SSSR count). The van der Waals surface area contributed by atoms with Gasteiger partial charge in [0.15, 0.2) is 0 Å². The lowest BCUT2D eigenvalue weighted by atomic mass is 10.0. The third kappa shape index (κ3) is 15.0. The fourth-order valence-corrected chi connectivity index (χ4v) is 8.43. The van der Waals surface area contributed by atoms with Gasteiger partial charge in [0.25, 0.3) is 11.4 Å². The van der Waals surface area contributed by atoms with Crippen LogP contribution in [0.4, 0.5) is 38.9 Å². The van der Waals surface area contributed by atoms with Gasteiger partial charge in [0, 0.05) is 48.1 Å². The minimum Gasteiger partial charge on any atom is -0.481 e. The van der Waals surface area contributed by atoms with E-state index in [2.05, 4.69) is 82.5 Å². The molecule has 0 saturated carbocycles. The number of carbonyl (C=O) groups is 1. The quantitative estimate of drug-likeness (QED) is 0.0388. The zero-order valence-electron chi connectivity index (χ0n) is 44.0. The zero-order valence-corrected chi connectivity index (χ0v) is 45.5. The number of nitro groups is 2. The van der Waals surface area contributed by atoms with Gasteiger partial charge in [-0.25, -0.2) is 14.8 Å². The number of aromatic nitrogens is 4. The summed E-state index contributed by atoms with van der Waals surface area (Å²) in [6, 6.07) is 18.7. The Morgan fingerprint density at radius 2 is 1.11 bits per heavy atom. The minimum absolute atomic E-state index is 0.0113. The average molecular weight is 1060 g/mol. The van der Waals surface area contributed by atoms with Crippen LogP contribution in [0.15, 0.2) is 73.1 Å². The number of urea groups is 1. The fourth-order valence-electron chi connectivity index (χ4n) is 7.76. The Morgan fingerprint density at radius 3 is 1.55 bits per heavy atom. The second-order valence-electron chi connectivity index (χ2n) is 17.1. The molecule has 0 aliphatic heterocycles. The van der Waals surface area contributed by atoms with Crippen LogP contribution in [0.2, 0.25) is 10.0 Å². The Kier molecular flexibility index (Phi) is 22.4. The summed E-state index contributed by atoms with van der Waals surface area (Å²) in [4.78, 5) is 53.7. The second-order valence-corrected chi connectivity index (χ2v) is 17.9. The number of nitrogens with zero attached hydrogens (tertiary/aromatic N) is 7. The maximum absolute atomic E-state index is 13.9. The van der Waals surface area contributed by atoms with E-state index in [4.69, 9.17) is 47.9 Å². The van der Waals surface area contributed by atoms with Gasteiger partial charge in [0.05, 0.1) is 82.8 Å². The van der Waals surface area contributed by atoms with Crippen LogP contribution in [0.25, 0.3) is 0 Å². The first-order valence-electron chi connectivity index (χ1n) is 23.9. The van der Waals surface area contributed by atoms with E-state index in [0.29, 0.717) is 100 Å². The second kappa shape index (κ2) is 28.1. The monoisotopic (exact) mass is 1060 g/mol. The van der Waals surface area contributed by atoms with Crippen LogP contribution in [-0.2, 0) is 38.8 Å². The number of ether oxygens (including phenoxy) is 4. The Morgan fingerprint density at radius 1 is 0.662 bits per heavy atom. The number of methoxy groups -OCH3 is 4. The van der Waals surface area contributed by atoms with Gasteiger partial charge in [-0.05, 0) is 84.0 Å². The number of benzene rings is 4. The third-order valence-corrected chi connectivity index (χ3v) is 12.6. The van der Waals surface area contributed by atoms with Gasteiger partial charge >= 0.3 is 18.1 Å². The van der Waals surface area contributed by atoms with Crippen molar-refractivity contribution in [2.75, 3.05) is 49.7 Å². The number of nitrogens with one attached hydrogen (secondary N) is 2. The standard InChI is InChI=1S/C27H32ClN5O5.C16H21N3O2.C10H13ClN2O2/c1-7-20-22(28)13-23(33(35)36)21(8-2)24(20)30-27(34)32(19-11-9-17(10-12-19)16(3)4)15-18-14-29-26(38-6)31-25(18)37-5;1-11(2)12-5-7-14(8-6-12)17-9-13-10-18-16(21-4)19-15(13)20-3;1-3-6-8(11)5-9(13(14)15)7(4-2)10(6)12/h9-14,16H,7-8,15H2,1-6H3,(H,30,34);5-8,10-11,17H,9H2,1-4H3;5H,3-4,12H2,1-2H3. The number of anilines is 4.